The van der Waals surface area contributed by atoms with Crippen molar-refractivity contribution in [3.05, 3.63) is 41.4 Å². The van der Waals surface area contributed by atoms with Gasteiger partial charge in [0.15, 0.2) is 0 Å². The number of imide groups is 1. The maximum Gasteiger partial charge on any atom is 0.233 e. The molecular weight excluding hydrogens is 400 g/mol. The summed E-state index contributed by atoms with van der Waals surface area (Å²) in [6, 6.07) is 7.16. The Balaban J connectivity index is 1.12. The van der Waals surface area contributed by atoms with Gasteiger partial charge in [0.05, 0.1) is 22.5 Å². The number of nitrogens with zero attached hydrogens (tertiary/aromatic N) is 1. The van der Waals surface area contributed by atoms with Crippen molar-refractivity contribution < 1.29 is 14.4 Å². The lowest BCUT2D eigenvalue weighted by Crippen LogP contribution is -2.44. The summed E-state index contributed by atoms with van der Waals surface area (Å²) in [7, 11) is 0. The highest BCUT2D eigenvalue weighted by molar-refractivity contribution is 6.33. The minimum Gasteiger partial charge on any atom is -0.325 e. The fourth-order valence-electron chi connectivity index (χ4n) is 6.73. The van der Waals surface area contributed by atoms with Crippen molar-refractivity contribution >= 4 is 35.0 Å². The molecule has 0 spiro atoms. The molecule has 5 nitrogen and oxygen atoms in total. The Hall–Kier alpha value is -2.14. The van der Waals surface area contributed by atoms with Crippen LogP contribution in [0, 0.1) is 41.4 Å². The molecule has 0 radical (unpaired) electrons. The molecule has 2 bridgehead atoms. The molecule has 4 fully saturated rings. The molecule has 3 saturated carbocycles. The molecule has 156 valence electrons. The van der Waals surface area contributed by atoms with Gasteiger partial charge in [-0.15, -0.1) is 0 Å². The normalized spacial score (nSPS) is 40.9. The molecule has 5 aliphatic carbocycles. The summed E-state index contributed by atoms with van der Waals surface area (Å²) in [5, 5.41) is 3.45. The van der Waals surface area contributed by atoms with Crippen LogP contribution in [0.2, 0.25) is 5.02 Å². The zero-order valence-electron chi connectivity index (χ0n) is 16.7. The summed E-state index contributed by atoms with van der Waals surface area (Å²) in [5.74, 6) is 1.50. The first kappa shape index (κ1) is 18.6. The molecule has 1 heterocycles. The van der Waals surface area contributed by atoms with E-state index in [4.69, 9.17) is 11.6 Å². The molecule has 7 rings (SSSR count). The summed E-state index contributed by atoms with van der Waals surface area (Å²) in [6.45, 7) is 0. The molecule has 1 aliphatic heterocycles. The number of benzene rings is 1. The summed E-state index contributed by atoms with van der Waals surface area (Å²) >= 11 is 6.15. The van der Waals surface area contributed by atoms with E-state index in [1.807, 2.05) is 12.1 Å². The minimum atomic E-state index is -0.127. The number of halogens is 1. The Morgan fingerprint density at radius 3 is 2.13 bits per heavy atom. The van der Waals surface area contributed by atoms with Crippen molar-refractivity contribution in [3.63, 3.8) is 0 Å². The molecule has 1 saturated heterocycles. The van der Waals surface area contributed by atoms with Crippen molar-refractivity contribution in [1.29, 1.82) is 0 Å². The first-order valence-corrected chi connectivity index (χ1v) is 11.5. The van der Waals surface area contributed by atoms with Gasteiger partial charge in [0, 0.05) is 12.0 Å². The molecule has 0 aromatic heterocycles. The number of para-hydroxylation sites is 1. The number of hydrogen-bond donors (Lipinski definition) is 1. The average molecular weight is 425 g/mol. The summed E-state index contributed by atoms with van der Waals surface area (Å²) in [4.78, 5) is 40.8. The van der Waals surface area contributed by atoms with Crippen LogP contribution in [0.5, 0.6) is 0 Å². The predicted octanol–water partition coefficient (Wildman–Crippen LogP) is 3.89. The molecule has 3 amide bonds. The second-order valence-corrected chi connectivity index (χ2v) is 10.1. The van der Waals surface area contributed by atoms with Gasteiger partial charge in [0.25, 0.3) is 0 Å². The molecule has 6 unspecified atom stereocenters. The monoisotopic (exact) mass is 424 g/mol. The van der Waals surface area contributed by atoms with E-state index in [9.17, 15) is 14.4 Å². The molecular formula is C24H25ClN2O3. The average Bonchev–Trinajstić information content (AvgIpc) is 3.53. The van der Waals surface area contributed by atoms with Crippen LogP contribution in [-0.4, -0.2) is 28.7 Å². The second kappa shape index (κ2) is 6.68. The van der Waals surface area contributed by atoms with E-state index in [1.165, 1.54) is 6.42 Å². The van der Waals surface area contributed by atoms with Crippen molar-refractivity contribution in [1.82, 2.24) is 4.90 Å². The van der Waals surface area contributed by atoms with Crippen molar-refractivity contribution in [2.24, 2.45) is 41.4 Å². The summed E-state index contributed by atoms with van der Waals surface area (Å²) < 4.78 is 0. The van der Waals surface area contributed by atoms with Gasteiger partial charge in [-0.05, 0) is 67.9 Å². The number of carbonyl (C=O) groups excluding carboxylic acids is 3. The van der Waals surface area contributed by atoms with Crippen LogP contribution in [0.25, 0.3) is 0 Å². The van der Waals surface area contributed by atoms with Gasteiger partial charge in [-0.2, -0.15) is 0 Å². The third-order valence-corrected chi connectivity index (χ3v) is 8.59. The number of rotatable bonds is 3. The summed E-state index contributed by atoms with van der Waals surface area (Å²) in [5.41, 5.74) is 0.627. The predicted molar refractivity (Wildman–Crippen MR) is 112 cm³/mol. The van der Waals surface area contributed by atoms with Crippen molar-refractivity contribution in [3.8, 4) is 0 Å². The maximum atomic E-state index is 13.3. The lowest BCUT2D eigenvalue weighted by Gasteiger charge is -2.37. The van der Waals surface area contributed by atoms with Gasteiger partial charge >= 0.3 is 0 Å². The van der Waals surface area contributed by atoms with E-state index in [2.05, 4.69) is 17.5 Å². The fraction of sp³-hybridized carbons (Fsp3) is 0.542. The van der Waals surface area contributed by atoms with Gasteiger partial charge in [0.1, 0.15) is 0 Å². The molecule has 6 aliphatic rings. The third kappa shape index (κ3) is 2.64. The number of nitrogens with one attached hydrogen (secondary N) is 1. The first-order chi connectivity index (χ1) is 14.5. The molecule has 30 heavy (non-hydrogen) atoms. The van der Waals surface area contributed by atoms with Gasteiger partial charge < -0.3 is 5.32 Å². The number of amides is 3. The fourth-order valence-corrected chi connectivity index (χ4v) is 6.92. The van der Waals surface area contributed by atoms with Crippen LogP contribution in [0.3, 0.4) is 0 Å². The Morgan fingerprint density at radius 2 is 1.53 bits per heavy atom. The number of hydrogen-bond acceptors (Lipinski definition) is 3. The molecule has 6 heteroatoms. The van der Waals surface area contributed by atoms with E-state index in [1.54, 1.807) is 17.0 Å². The Labute approximate surface area is 180 Å². The van der Waals surface area contributed by atoms with Crippen LogP contribution >= 0.6 is 11.6 Å². The Morgan fingerprint density at radius 1 is 0.933 bits per heavy atom. The van der Waals surface area contributed by atoms with E-state index in [-0.39, 0.29) is 53.4 Å². The van der Waals surface area contributed by atoms with Crippen molar-refractivity contribution in [2.75, 3.05) is 5.32 Å². The highest BCUT2D eigenvalue weighted by Crippen LogP contribution is 2.65. The molecule has 6 atom stereocenters. The maximum absolute atomic E-state index is 13.3. The highest BCUT2D eigenvalue weighted by Gasteiger charge is 2.67. The second-order valence-electron chi connectivity index (χ2n) is 9.68. The van der Waals surface area contributed by atoms with Gasteiger partial charge in [0.2, 0.25) is 17.7 Å². The third-order valence-electron chi connectivity index (χ3n) is 8.26. The van der Waals surface area contributed by atoms with Crippen LogP contribution < -0.4 is 5.32 Å². The SMILES string of the molecule is O=C(Nc1ccccc1Cl)C1CCC(N2C(=O)C3C4C=CC(C5CC45)C3C2=O)CC1. The van der Waals surface area contributed by atoms with E-state index < -0.39 is 0 Å². The molecule has 1 aromatic carbocycles. The van der Waals surface area contributed by atoms with Crippen molar-refractivity contribution in [2.45, 2.75) is 38.1 Å². The van der Waals surface area contributed by atoms with Gasteiger partial charge in [-0.3, -0.25) is 19.3 Å². The van der Waals surface area contributed by atoms with Gasteiger partial charge in [-0.1, -0.05) is 35.9 Å². The quantitative estimate of drug-likeness (QED) is 0.591. The minimum absolute atomic E-state index is 0.0309. The first-order valence-electron chi connectivity index (χ1n) is 11.1. The van der Waals surface area contributed by atoms with Crippen LogP contribution in [-0.2, 0) is 14.4 Å². The largest absolute Gasteiger partial charge is 0.325 e. The van der Waals surface area contributed by atoms with Crippen LogP contribution in [0.4, 0.5) is 5.69 Å². The molecule has 1 N–H and O–H groups in total. The Kier molecular flexibility index (Phi) is 4.14. The van der Waals surface area contributed by atoms with E-state index >= 15 is 0 Å². The zero-order valence-corrected chi connectivity index (χ0v) is 17.4. The van der Waals surface area contributed by atoms with Gasteiger partial charge in [-0.25, -0.2) is 0 Å². The molecule has 1 aromatic rings. The smallest absolute Gasteiger partial charge is 0.233 e. The standard InChI is InChI=1S/C24H25ClN2O3/c25-18-3-1-2-4-19(18)26-22(28)12-5-7-13(8-6-12)27-23(29)20-14-9-10-15(17-11-16(14)17)21(20)24(27)30/h1-4,9-10,12-17,20-21H,5-8,11H2,(H,26,28). The lowest BCUT2D eigenvalue weighted by molar-refractivity contribution is -0.144. The van der Waals surface area contributed by atoms with E-state index in [0.717, 1.165) is 0 Å². The number of allylic oxidation sites excluding steroid dienone is 2. The van der Waals surface area contributed by atoms with Crippen LogP contribution in [0.15, 0.2) is 36.4 Å². The number of likely N-dealkylation sites (tertiary alicyclic amines) is 1. The number of carbonyl (C=O) groups is 3. The highest BCUT2D eigenvalue weighted by atomic mass is 35.5. The van der Waals surface area contributed by atoms with Crippen LogP contribution in [0.1, 0.15) is 32.1 Å². The Bertz CT molecular complexity index is 931. The summed E-state index contributed by atoms with van der Waals surface area (Å²) in [6.07, 6.45) is 8.38. The topological polar surface area (TPSA) is 66.5 Å². The zero-order chi connectivity index (χ0) is 20.6. The lowest BCUT2D eigenvalue weighted by atomic mass is 9.63. The van der Waals surface area contributed by atoms with E-state index in [0.29, 0.717) is 48.2 Å². The number of anilines is 1.